The Balaban J connectivity index is 1.65. The van der Waals surface area contributed by atoms with E-state index in [0.717, 1.165) is 16.8 Å². The van der Waals surface area contributed by atoms with Gasteiger partial charge in [-0.25, -0.2) is 13.1 Å². The highest BCUT2D eigenvalue weighted by atomic mass is 32.2. The summed E-state index contributed by atoms with van der Waals surface area (Å²) in [5.74, 6) is -0.274. The van der Waals surface area contributed by atoms with Crippen LogP contribution < -0.4 is 14.8 Å². The van der Waals surface area contributed by atoms with Crippen molar-refractivity contribution in [3.05, 3.63) is 95.8 Å². The summed E-state index contributed by atoms with van der Waals surface area (Å²) in [6, 6.07) is 20.8. The van der Waals surface area contributed by atoms with Crippen LogP contribution in [-0.4, -0.2) is 31.2 Å². The highest BCUT2D eigenvalue weighted by Gasteiger charge is 2.23. The Morgan fingerprint density at radius 1 is 0.941 bits per heavy atom. The number of carbonyl (C=O) groups excluding carboxylic acids is 1. The number of carbonyl (C=O) groups is 1. The van der Waals surface area contributed by atoms with Gasteiger partial charge in [0.15, 0.2) is 0 Å². The van der Waals surface area contributed by atoms with Crippen molar-refractivity contribution in [2.75, 3.05) is 17.1 Å². The number of para-hydroxylation sites is 2. The van der Waals surface area contributed by atoms with Crippen molar-refractivity contribution in [3.63, 3.8) is 0 Å². The van der Waals surface area contributed by atoms with E-state index in [1.165, 1.54) is 30.1 Å². The van der Waals surface area contributed by atoms with Gasteiger partial charge in [-0.1, -0.05) is 36.4 Å². The smallest absolute Gasteiger partial charge is 0.274 e. The zero-order chi connectivity index (χ0) is 24.3. The third-order valence-electron chi connectivity index (χ3n) is 5.30. The van der Waals surface area contributed by atoms with Gasteiger partial charge < -0.3 is 10.1 Å². The molecule has 0 saturated carbocycles. The fourth-order valence-electron chi connectivity index (χ4n) is 3.57. The predicted octanol–water partition coefficient (Wildman–Crippen LogP) is 4.55. The number of nitrogens with zero attached hydrogens (tertiary/aromatic N) is 2. The van der Waals surface area contributed by atoms with Crippen LogP contribution >= 0.6 is 0 Å². The molecule has 9 heteroatoms. The third kappa shape index (κ3) is 4.65. The molecule has 34 heavy (non-hydrogen) atoms. The zero-order valence-electron chi connectivity index (χ0n) is 18.9. The maximum atomic E-state index is 13.3. The maximum absolute atomic E-state index is 13.3. The Kier molecular flexibility index (Phi) is 6.38. The van der Waals surface area contributed by atoms with Crippen molar-refractivity contribution in [2.24, 2.45) is 0 Å². The number of rotatable bonds is 7. The van der Waals surface area contributed by atoms with E-state index in [1.54, 1.807) is 12.1 Å². The molecule has 3 aromatic carbocycles. The fourth-order valence-corrected chi connectivity index (χ4v) is 4.97. The van der Waals surface area contributed by atoms with Gasteiger partial charge in [-0.3, -0.25) is 9.52 Å². The minimum Gasteiger partial charge on any atom is -0.495 e. The monoisotopic (exact) mass is 476 g/mol. The minimum absolute atomic E-state index is 0.0907. The lowest BCUT2D eigenvalue weighted by atomic mass is 10.1. The number of nitrogens with one attached hydrogen (secondary N) is 2. The van der Waals surface area contributed by atoms with Crippen LogP contribution in [0.15, 0.2) is 83.9 Å². The van der Waals surface area contributed by atoms with E-state index in [1.807, 2.05) is 62.4 Å². The first-order chi connectivity index (χ1) is 16.3. The van der Waals surface area contributed by atoms with Crippen LogP contribution in [-0.2, 0) is 10.0 Å². The fraction of sp³-hybridized carbons (Fsp3) is 0.120. The number of hydrogen-bond donors (Lipinski definition) is 2. The van der Waals surface area contributed by atoms with E-state index in [0.29, 0.717) is 17.1 Å². The lowest BCUT2D eigenvalue weighted by Gasteiger charge is -2.16. The lowest BCUT2D eigenvalue weighted by molar-refractivity contribution is 0.101. The number of ether oxygens (including phenoxy) is 1. The summed E-state index contributed by atoms with van der Waals surface area (Å²) < 4.78 is 36.0. The lowest BCUT2D eigenvalue weighted by Crippen LogP contribution is -2.18. The first-order valence-electron chi connectivity index (χ1n) is 10.5. The number of benzene rings is 3. The molecule has 1 aromatic heterocycles. The van der Waals surface area contributed by atoms with Crippen LogP contribution in [0.2, 0.25) is 0 Å². The molecule has 8 nitrogen and oxygen atoms in total. The van der Waals surface area contributed by atoms with Crippen LogP contribution in [0.5, 0.6) is 5.75 Å². The van der Waals surface area contributed by atoms with Crippen LogP contribution in [0.4, 0.5) is 11.4 Å². The number of hydrogen-bond acceptors (Lipinski definition) is 5. The average Bonchev–Trinajstić information content (AvgIpc) is 3.32. The summed E-state index contributed by atoms with van der Waals surface area (Å²) in [5, 5.41) is 6.98. The molecule has 0 saturated heterocycles. The van der Waals surface area contributed by atoms with Crippen molar-refractivity contribution in [3.8, 4) is 11.4 Å². The summed E-state index contributed by atoms with van der Waals surface area (Å²) in [6.07, 6.45) is 1.53. The highest BCUT2D eigenvalue weighted by molar-refractivity contribution is 7.92. The normalized spacial score (nSPS) is 11.1. The first-order valence-corrected chi connectivity index (χ1v) is 12.0. The topological polar surface area (TPSA) is 102 Å². The molecule has 0 fully saturated rings. The third-order valence-corrected chi connectivity index (χ3v) is 6.68. The van der Waals surface area contributed by atoms with Gasteiger partial charge in [0.2, 0.25) is 0 Å². The van der Waals surface area contributed by atoms with Crippen molar-refractivity contribution in [2.45, 2.75) is 18.7 Å². The van der Waals surface area contributed by atoms with E-state index < -0.39 is 15.9 Å². The van der Waals surface area contributed by atoms with Gasteiger partial charge in [-0.15, -0.1) is 0 Å². The van der Waals surface area contributed by atoms with E-state index in [4.69, 9.17) is 4.74 Å². The molecular formula is C25H24N4O4S. The zero-order valence-corrected chi connectivity index (χ0v) is 19.8. The van der Waals surface area contributed by atoms with Crippen LogP contribution in [0, 0.1) is 13.8 Å². The quantitative estimate of drug-likeness (QED) is 0.407. The molecule has 0 aliphatic rings. The Morgan fingerprint density at radius 3 is 2.32 bits per heavy atom. The molecule has 4 aromatic rings. The van der Waals surface area contributed by atoms with E-state index in [-0.39, 0.29) is 10.6 Å². The van der Waals surface area contributed by atoms with Crippen molar-refractivity contribution < 1.29 is 17.9 Å². The van der Waals surface area contributed by atoms with Crippen molar-refractivity contribution >= 4 is 27.3 Å². The van der Waals surface area contributed by atoms with Gasteiger partial charge in [0, 0.05) is 5.69 Å². The summed E-state index contributed by atoms with van der Waals surface area (Å²) in [5.41, 5.74) is 3.43. The van der Waals surface area contributed by atoms with Crippen LogP contribution in [0.1, 0.15) is 21.6 Å². The number of aryl methyl sites for hydroxylation is 2. The van der Waals surface area contributed by atoms with E-state index in [9.17, 15) is 13.2 Å². The predicted molar refractivity (Wildman–Crippen MR) is 131 cm³/mol. The first kappa shape index (κ1) is 23.1. The molecule has 0 spiro atoms. The SMILES string of the molecule is COc1ccc(NC(=O)c2ccnn2-c2ccccc2)cc1S(=O)(=O)Nc1c(C)cccc1C. The molecule has 1 heterocycles. The second-order valence-electron chi connectivity index (χ2n) is 7.66. The standard InChI is InChI=1S/C25H24N4O4S/c1-17-8-7-9-18(2)24(17)28-34(31,32)23-16-19(12-13-22(23)33-3)27-25(30)21-14-15-26-29(21)20-10-5-4-6-11-20/h4-16,28H,1-3H3,(H,27,30). The summed E-state index contributed by atoms with van der Waals surface area (Å²) in [4.78, 5) is 12.9. The molecule has 174 valence electrons. The van der Waals surface area contributed by atoms with Gasteiger partial charge in [-0.2, -0.15) is 5.10 Å². The Hall–Kier alpha value is -4.11. The van der Waals surface area contributed by atoms with Gasteiger partial charge in [-0.05, 0) is 61.4 Å². The number of aromatic nitrogens is 2. The Morgan fingerprint density at radius 2 is 1.65 bits per heavy atom. The Bertz CT molecular complexity index is 1430. The molecule has 0 radical (unpaired) electrons. The van der Waals surface area contributed by atoms with Gasteiger partial charge in [0.25, 0.3) is 15.9 Å². The van der Waals surface area contributed by atoms with E-state index >= 15 is 0 Å². The molecule has 0 aliphatic heterocycles. The maximum Gasteiger partial charge on any atom is 0.274 e. The van der Waals surface area contributed by atoms with Crippen molar-refractivity contribution in [1.82, 2.24) is 9.78 Å². The second kappa shape index (κ2) is 9.40. The molecule has 0 atom stereocenters. The van der Waals surface area contributed by atoms with Crippen LogP contribution in [0.25, 0.3) is 5.69 Å². The average molecular weight is 477 g/mol. The summed E-state index contributed by atoms with van der Waals surface area (Å²) >= 11 is 0. The summed E-state index contributed by atoms with van der Waals surface area (Å²) in [6.45, 7) is 3.66. The largest absolute Gasteiger partial charge is 0.495 e. The van der Waals surface area contributed by atoms with Gasteiger partial charge in [0.1, 0.15) is 16.3 Å². The highest BCUT2D eigenvalue weighted by Crippen LogP contribution is 2.31. The molecule has 0 aliphatic carbocycles. The molecule has 0 unspecified atom stereocenters. The van der Waals surface area contributed by atoms with Gasteiger partial charge >= 0.3 is 0 Å². The van der Waals surface area contributed by atoms with Gasteiger partial charge in [0.05, 0.1) is 24.7 Å². The second-order valence-corrected chi connectivity index (χ2v) is 9.31. The number of amides is 1. The molecule has 4 rings (SSSR count). The van der Waals surface area contributed by atoms with Crippen molar-refractivity contribution in [1.29, 1.82) is 0 Å². The molecular weight excluding hydrogens is 452 g/mol. The number of methoxy groups -OCH3 is 1. The number of anilines is 2. The van der Waals surface area contributed by atoms with E-state index in [2.05, 4.69) is 15.1 Å². The Labute approximate surface area is 198 Å². The van der Waals surface area contributed by atoms with Crippen LogP contribution in [0.3, 0.4) is 0 Å². The molecule has 0 bridgehead atoms. The minimum atomic E-state index is -4.01. The molecule has 2 N–H and O–H groups in total. The number of sulfonamides is 1. The molecule has 1 amide bonds. The summed E-state index contributed by atoms with van der Waals surface area (Å²) in [7, 11) is -2.62.